The van der Waals surface area contributed by atoms with Crippen molar-refractivity contribution >= 4 is 27.3 Å². The van der Waals surface area contributed by atoms with Crippen molar-refractivity contribution in [1.29, 1.82) is 0 Å². The standard InChI is InChI=1S/C23H28N4O4S/c1-16-6-8-17(9-7-16)21-15-24-23(31-21)13-12-22(28)25-19-14-18(32(29,30)27(4)5)10-11-20(19)26(2)3/h6-11,14-15H,12-13H2,1-5H3,(H,25,28). The molecular formula is C23H28N4O4S. The molecule has 1 aromatic heterocycles. The molecule has 0 aliphatic rings. The van der Waals surface area contributed by atoms with Crippen molar-refractivity contribution in [2.24, 2.45) is 0 Å². The third kappa shape index (κ3) is 5.35. The highest BCUT2D eigenvalue weighted by atomic mass is 32.2. The summed E-state index contributed by atoms with van der Waals surface area (Å²) in [5, 5.41) is 2.83. The molecule has 170 valence electrons. The molecule has 0 saturated heterocycles. The summed E-state index contributed by atoms with van der Waals surface area (Å²) in [6, 6.07) is 12.6. The van der Waals surface area contributed by atoms with Gasteiger partial charge in [-0.15, -0.1) is 0 Å². The number of benzene rings is 2. The molecule has 0 saturated carbocycles. The van der Waals surface area contributed by atoms with Crippen LogP contribution in [0, 0.1) is 6.92 Å². The Bertz CT molecular complexity index is 1200. The van der Waals surface area contributed by atoms with Crippen molar-refractivity contribution in [2.45, 2.75) is 24.7 Å². The van der Waals surface area contributed by atoms with Crippen LogP contribution >= 0.6 is 0 Å². The maximum atomic E-state index is 12.6. The second-order valence-electron chi connectivity index (χ2n) is 7.89. The van der Waals surface area contributed by atoms with Crippen LogP contribution in [0.15, 0.2) is 58.0 Å². The number of hydrogen-bond acceptors (Lipinski definition) is 6. The number of carbonyl (C=O) groups is 1. The van der Waals surface area contributed by atoms with Gasteiger partial charge < -0.3 is 14.6 Å². The van der Waals surface area contributed by atoms with Crippen molar-refractivity contribution in [1.82, 2.24) is 9.29 Å². The third-order valence-electron chi connectivity index (χ3n) is 4.96. The van der Waals surface area contributed by atoms with Crippen LogP contribution in [0.3, 0.4) is 0 Å². The Hall–Kier alpha value is -3.17. The third-order valence-corrected chi connectivity index (χ3v) is 6.77. The Kier molecular flexibility index (Phi) is 7.00. The molecule has 0 fully saturated rings. The molecule has 2 aromatic carbocycles. The highest BCUT2D eigenvalue weighted by molar-refractivity contribution is 7.89. The van der Waals surface area contributed by atoms with Crippen molar-refractivity contribution in [2.75, 3.05) is 38.4 Å². The van der Waals surface area contributed by atoms with E-state index in [4.69, 9.17) is 4.42 Å². The van der Waals surface area contributed by atoms with Crippen LogP contribution in [0.2, 0.25) is 0 Å². The van der Waals surface area contributed by atoms with Crippen LogP contribution in [0.4, 0.5) is 11.4 Å². The summed E-state index contributed by atoms with van der Waals surface area (Å²) in [7, 11) is 2.96. The minimum atomic E-state index is -3.62. The molecule has 0 unspecified atom stereocenters. The molecule has 0 bridgehead atoms. The van der Waals surface area contributed by atoms with Gasteiger partial charge in [0, 0.05) is 46.6 Å². The van der Waals surface area contributed by atoms with Crippen LogP contribution in [-0.4, -0.2) is 51.8 Å². The van der Waals surface area contributed by atoms with E-state index in [2.05, 4.69) is 10.3 Å². The van der Waals surface area contributed by atoms with E-state index in [1.54, 1.807) is 12.3 Å². The van der Waals surface area contributed by atoms with Gasteiger partial charge in [-0.1, -0.05) is 29.8 Å². The summed E-state index contributed by atoms with van der Waals surface area (Å²) in [6.07, 6.45) is 2.12. The van der Waals surface area contributed by atoms with Crippen molar-refractivity contribution in [3.05, 3.63) is 60.1 Å². The van der Waals surface area contributed by atoms with Gasteiger partial charge in [-0.05, 0) is 25.1 Å². The van der Waals surface area contributed by atoms with E-state index in [9.17, 15) is 13.2 Å². The molecule has 3 aromatic rings. The first-order valence-electron chi connectivity index (χ1n) is 10.1. The van der Waals surface area contributed by atoms with E-state index in [0.717, 1.165) is 15.4 Å². The second-order valence-corrected chi connectivity index (χ2v) is 10.0. The zero-order valence-corrected chi connectivity index (χ0v) is 19.7. The first-order chi connectivity index (χ1) is 15.1. The van der Waals surface area contributed by atoms with Crippen molar-refractivity contribution in [3.8, 4) is 11.3 Å². The Labute approximate surface area is 188 Å². The average Bonchev–Trinajstić information content (AvgIpc) is 3.21. The van der Waals surface area contributed by atoms with Gasteiger partial charge in [0.2, 0.25) is 15.9 Å². The van der Waals surface area contributed by atoms with E-state index in [1.165, 1.54) is 26.2 Å². The van der Waals surface area contributed by atoms with Gasteiger partial charge in [-0.25, -0.2) is 17.7 Å². The van der Waals surface area contributed by atoms with E-state index >= 15 is 0 Å². The van der Waals surface area contributed by atoms with Crippen molar-refractivity contribution < 1.29 is 17.6 Å². The molecule has 8 nitrogen and oxygen atoms in total. The maximum Gasteiger partial charge on any atom is 0.242 e. The Morgan fingerprint density at radius 3 is 2.38 bits per heavy atom. The summed E-state index contributed by atoms with van der Waals surface area (Å²) < 4.78 is 31.9. The first-order valence-corrected chi connectivity index (χ1v) is 11.6. The number of aryl methyl sites for hydroxylation is 2. The smallest absolute Gasteiger partial charge is 0.242 e. The van der Waals surface area contributed by atoms with Gasteiger partial charge in [-0.3, -0.25) is 4.79 Å². The molecule has 0 aliphatic carbocycles. The number of anilines is 2. The zero-order valence-electron chi connectivity index (χ0n) is 18.9. The molecule has 0 radical (unpaired) electrons. The Morgan fingerprint density at radius 1 is 1.06 bits per heavy atom. The highest BCUT2D eigenvalue weighted by Crippen LogP contribution is 2.29. The number of rotatable bonds is 8. The maximum absolute atomic E-state index is 12.6. The molecule has 0 atom stereocenters. The van der Waals surface area contributed by atoms with E-state index in [-0.39, 0.29) is 17.2 Å². The summed E-state index contributed by atoms with van der Waals surface area (Å²) in [5.41, 5.74) is 3.21. The fourth-order valence-corrected chi connectivity index (χ4v) is 4.02. The quantitative estimate of drug-likeness (QED) is 0.557. The van der Waals surface area contributed by atoms with Gasteiger partial charge in [0.1, 0.15) is 0 Å². The second kappa shape index (κ2) is 9.54. The van der Waals surface area contributed by atoms with Crippen LogP contribution < -0.4 is 10.2 Å². The lowest BCUT2D eigenvalue weighted by atomic mass is 10.1. The van der Waals surface area contributed by atoms with Gasteiger partial charge in [0.15, 0.2) is 11.7 Å². The summed E-state index contributed by atoms with van der Waals surface area (Å²) in [4.78, 5) is 18.8. The fourth-order valence-electron chi connectivity index (χ4n) is 3.09. The van der Waals surface area contributed by atoms with Crippen LogP contribution in [0.1, 0.15) is 17.9 Å². The number of hydrogen-bond donors (Lipinski definition) is 1. The summed E-state index contributed by atoms with van der Waals surface area (Å²) in [6.45, 7) is 2.02. The van der Waals surface area contributed by atoms with Gasteiger partial charge in [0.25, 0.3) is 0 Å². The van der Waals surface area contributed by atoms with Crippen LogP contribution in [-0.2, 0) is 21.2 Å². The topological polar surface area (TPSA) is 95.7 Å². The number of amides is 1. The molecule has 0 spiro atoms. The van der Waals surface area contributed by atoms with Crippen molar-refractivity contribution in [3.63, 3.8) is 0 Å². The predicted octanol–water partition coefficient (Wildman–Crippen LogP) is 3.54. The Morgan fingerprint density at radius 2 is 1.75 bits per heavy atom. The predicted molar refractivity (Wildman–Crippen MR) is 125 cm³/mol. The highest BCUT2D eigenvalue weighted by Gasteiger charge is 2.20. The average molecular weight is 457 g/mol. The van der Waals surface area contributed by atoms with Gasteiger partial charge >= 0.3 is 0 Å². The number of nitrogens with zero attached hydrogens (tertiary/aromatic N) is 3. The number of sulfonamides is 1. The van der Waals surface area contributed by atoms with Crippen LogP contribution in [0.5, 0.6) is 0 Å². The molecule has 32 heavy (non-hydrogen) atoms. The molecule has 1 N–H and O–H groups in total. The number of nitrogens with one attached hydrogen (secondary N) is 1. The van der Waals surface area contributed by atoms with Gasteiger partial charge in [-0.2, -0.15) is 0 Å². The summed E-state index contributed by atoms with van der Waals surface area (Å²) >= 11 is 0. The fraction of sp³-hybridized carbons (Fsp3) is 0.304. The molecule has 0 aliphatic heterocycles. The largest absolute Gasteiger partial charge is 0.441 e. The lowest BCUT2D eigenvalue weighted by Gasteiger charge is -2.20. The lowest BCUT2D eigenvalue weighted by Crippen LogP contribution is -2.23. The van der Waals surface area contributed by atoms with Gasteiger partial charge in [0.05, 0.1) is 22.5 Å². The number of carbonyl (C=O) groups excluding carboxylic acids is 1. The van der Waals surface area contributed by atoms with E-state index in [0.29, 0.717) is 29.4 Å². The van der Waals surface area contributed by atoms with Crippen LogP contribution in [0.25, 0.3) is 11.3 Å². The molecular weight excluding hydrogens is 428 g/mol. The molecule has 3 rings (SSSR count). The number of oxazole rings is 1. The van der Waals surface area contributed by atoms with E-state index < -0.39 is 10.0 Å². The number of aromatic nitrogens is 1. The molecule has 9 heteroatoms. The minimum Gasteiger partial charge on any atom is -0.441 e. The lowest BCUT2D eigenvalue weighted by molar-refractivity contribution is -0.116. The monoisotopic (exact) mass is 456 g/mol. The normalized spacial score (nSPS) is 11.6. The zero-order chi connectivity index (χ0) is 23.5. The SMILES string of the molecule is Cc1ccc(-c2cnc(CCC(=O)Nc3cc(S(=O)(=O)N(C)C)ccc3N(C)C)o2)cc1. The first kappa shape index (κ1) is 23.5. The molecule has 1 amide bonds. The minimum absolute atomic E-state index is 0.110. The Balaban J connectivity index is 1.71. The molecule has 1 heterocycles. The van der Waals surface area contributed by atoms with E-state index in [1.807, 2.05) is 50.2 Å². The summed E-state index contributed by atoms with van der Waals surface area (Å²) in [5.74, 6) is 0.854.